The monoisotopic (exact) mass is 521 g/mol. The third-order valence-electron chi connectivity index (χ3n) is 5.89. The van der Waals surface area contributed by atoms with Gasteiger partial charge >= 0.3 is 5.97 Å². The highest BCUT2D eigenvalue weighted by Gasteiger charge is 2.32. The predicted octanol–water partition coefficient (Wildman–Crippen LogP) is -1.66. The highest BCUT2D eigenvalue weighted by molar-refractivity contribution is 5.94. The molecule has 0 saturated carbocycles. The number of hydrogen-bond acceptors (Lipinski definition) is 7. The first-order valence-electron chi connectivity index (χ1n) is 12.5. The molecule has 0 radical (unpaired) electrons. The Bertz CT molecular complexity index is 925. The van der Waals surface area contributed by atoms with E-state index in [-0.39, 0.29) is 49.6 Å². The number of imidazole rings is 1. The van der Waals surface area contributed by atoms with Crippen molar-refractivity contribution in [1.29, 1.82) is 0 Å². The van der Waals surface area contributed by atoms with Gasteiger partial charge < -0.3 is 42.8 Å². The lowest BCUT2D eigenvalue weighted by Gasteiger charge is -2.26. The number of nitrogens with two attached hydrogens (primary N) is 2. The summed E-state index contributed by atoms with van der Waals surface area (Å²) >= 11 is 0. The van der Waals surface area contributed by atoms with Gasteiger partial charge in [-0.2, -0.15) is 0 Å². The van der Waals surface area contributed by atoms with Gasteiger partial charge in [-0.3, -0.25) is 19.4 Å². The number of carboxylic acid groups (broad SMARTS) is 1. The normalized spacial score (nSPS) is 17.4. The molecule has 37 heavy (non-hydrogen) atoms. The Kier molecular flexibility index (Phi) is 11.8. The average molecular weight is 522 g/mol. The number of rotatable bonds is 15. The minimum absolute atomic E-state index is 0.0181. The van der Waals surface area contributed by atoms with Crippen LogP contribution in [0.3, 0.4) is 0 Å². The van der Waals surface area contributed by atoms with Crippen LogP contribution in [-0.4, -0.2) is 82.0 Å². The lowest BCUT2D eigenvalue weighted by atomic mass is 10.0. The lowest BCUT2D eigenvalue weighted by molar-refractivity contribution is -0.142. The maximum Gasteiger partial charge on any atom is 0.326 e. The molecule has 1 aromatic rings. The average Bonchev–Trinajstić information content (AvgIpc) is 3.53. The second kappa shape index (κ2) is 14.8. The van der Waals surface area contributed by atoms with Crippen LogP contribution in [0.2, 0.25) is 0 Å². The molecule has 0 aliphatic carbocycles. The zero-order valence-corrected chi connectivity index (χ0v) is 21.3. The third-order valence-corrected chi connectivity index (χ3v) is 5.89. The Morgan fingerprint density at radius 2 is 1.84 bits per heavy atom. The van der Waals surface area contributed by atoms with E-state index in [1.54, 1.807) is 6.20 Å². The number of hydrogen-bond donors (Lipinski definition) is 8. The maximum absolute atomic E-state index is 13.3. The van der Waals surface area contributed by atoms with Crippen LogP contribution in [0, 0.1) is 5.92 Å². The Hall–Kier alpha value is -3.68. The minimum Gasteiger partial charge on any atom is -0.480 e. The van der Waals surface area contributed by atoms with E-state index in [0.29, 0.717) is 18.5 Å². The van der Waals surface area contributed by atoms with Gasteiger partial charge in [0.1, 0.15) is 18.1 Å². The summed E-state index contributed by atoms with van der Waals surface area (Å²) in [5.74, 6) is -2.77. The Balaban J connectivity index is 2.10. The number of carbonyl (C=O) groups is 4. The molecule has 1 saturated heterocycles. The Morgan fingerprint density at radius 1 is 1.14 bits per heavy atom. The lowest BCUT2D eigenvalue weighted by Crippen LogP contribution is -2.57. The van der Waals surface area contributed by atoms with Crippen molar-refractivity contribution < 1.29 is 24.3 Å². The van der Waals surface area contributed by atoms with Crippen LogP contribution >= 0.6 is 0 Å². The highest BCUT2D eigenvalue weighted by Crippen LogP contribution is 2.10. The first kappa shape index (κ1) is 29.5. The quantitative estimate of drug-likeness (QED) is 0.0749. The number of nitrogens with zero attached hydrogens (tertiary/aromatic N) is 2. The third kappa shape index (κ3) is 10.5. The van der Waals surface area contributed by atoms with Gasteiger partial charge in [0.25, 0.3) is 0 Å². The molecule has 4 unspecified atom stereocenters. The van der Waals surface area contributed by atoms with E-state index in [1.165, 1.54) is 6.33 Å². The molecule has 4 atom stereocenters. The summed E-state index contributed by atoms with van der Waals surface area (Å²) in [5.41, 5.74) is 11.2. The van der Waals surface area contributed by atoms with Crippen molar-refractivity contribution in [2.45, 2.75) is 76.5 Å². The SMILES string of the molecule is CC(C)CC(NC(=O)C(Cc1cnc[nH]1)NC(=O)C1CCCN1)C(=O)NC(CCCN=C(N)N)C(=O)O. The molecule has 2 rings (SSSR count). The molecular weight excluding hydrogens is 482 g/mol. The summed E-state index contributed by atoms with van der Waals surface area (Å²) in [6.45, 7) is 4.71. The number of carboxylic acids is 1. The molecule has 1 fully saturated rings. The number of aromatic nitrogens is 2. The van der Waals surface area contributed by atoms with E-state index in [0.717, 1.165) is 13.0 Å². The number of aliphatic carboxylic acids is 1. The van der Waals surface area contributed by atoms with Crippen LogP contribution in [0.4, 0.5) is 0 Å². The molecule has 0 bridgehead atoms. The minimum atomic E-state index is -1.21. The highest BCUT2D eigenvalue weighted by atomic mass is 16.4. The largest absolute Gasteiger partial charge is 0.480 e. The number of guanidine groups is 1. The summed E-state index contributed by atoms with van der Waals surface area (Å²) in [7, 11) is 0. The number of aliphatic imine (C=N–C) groups is 1. The Labute approximate surface area is 215 Å². The number of nitrogens with one attached hydrogen (secondary N) is 5. The molecule has 10 N–H and O–H groups in total. The zero-order chi connectivity index (χ0) is 27.4. The summed E-state index contributed by atoms with van der Waals surface area (Å²) < 4.78 is 0. The molecule has 3 amide bonds. The van der Waals surface area contributed by atoms with E-state index in [2.05, 4.69) is 36.2 Å². The standard InChI is InChI=1S/C23H39N9O5/c1-13(2)9-17(20(34)30-16(22(36)37)6-4-8-28-23(24)25)31-21(35)18(10-14-11-26-12-29-14)32-19(33)15-5-3-7-27-15/h11-13,15-18,27H,3-10H2,1-2H3,(H,26,29)(H,30,34)(H,31,35)(H,32,33)(H,36,37)(H4,24,25,28). The van der Waals surface area contributed by atoms with Crippen molar-refractivity contribution in [3.63, 3.8) is 0 Å². The van der Waals surface area contributed by atoms with Crippen LogP contribution in [0.25, 0.3) is 0 Å². The van der Waals surface area contributed by atoms with Crippen LogP contribution < -0.4 is 32.7 Å². The summed E-state index contributed by atoms with van der Waals surface area (Å²) in [4.78, 5) is 61.5. The van der Waals surface area contributed by atoms with Gasteiger partial charge in [-0.1, -0.05) is 13.8 Å². The second-order valence-corrected chi connectivity index (χ2v) is 9.53. The molecule has 0 spiro atoms. The predicted molar refractivity (Wildman–Crippen MR) is 136 cm³/mol. The van der Waals surface area contributed by atoms with Crippen LogP contribution in [0.1, 0.15) is 51.6 Å². The van der Waals surface area contributed by atoms with E-state index < -0.39 is 35.9 Å². The van der Waals surface area contributed by atoms with Gasteiger partial charge in [0, 0.05) is 24.9 Å². The molecule has 206 valence electrons. The smallest absolute Gasteiger partial charge is 0.326 e. The van der Waals surface area contributed by atoms with E-state index in [4.69, 9.17) is 11.5 Å². The zero-order valence-electron chi connectivity index (χ0n) is 21.3. The number of H-pyrrole nitrogens is 1. The first-order valence-corrected chi connectivity index (χ1v) is 12.5. The maximum atomic E-state index is 13.3. The summed E-state index contributed by atoms with van der Waals surface area (Å²) in [5, 5.41) is 20.7. The van der Waals surface area contributed by atoms with Crippen molar-refractivity contribution in [2.24, 2.45) is 22.4 Å². The molecule has 14 nitrogen and oxygen atoms in total. The van der Waals surface area contributed by atoms with E-state index >= 15 is 0 Å². The number of carbonyl (C=O) groups excluding carboxylic acids is 3. The van der Waals surface area contributed by atoms with Gasteiger partial charge in [0.2, 0.25) is 17.7 Å². The van der Waals surface area contributed by atoms with Gasteiger partial charge in [-0.05, 0) is 44.6 Å². The number of amides is 3. The van der Waals surface area contributed by atoms with Gasteiger partial charge in [0.15, 0.2) is 5.96 Å². The van der Waals surface area contributed by atoms with Crippen LogP contribution in [0.5, 0.6) is 0 Å². The molecule has 1 aliphatic heterocycles. The summed E-state index contributed by atoms with van der Waals surface area (Å²) in [6.07, 6.45) is 5.41. The van der Waals surface area contributed by atoms with Crippen LogP contribution in [0.15, 0.2) is 17.5 Å². The van der Waals surface area contributed by atoms with Gasteiger partial charge in [-0.25, -0.2) is 9.78 Å². The molecule has 1 aliphatic rings. The summed E-state index contributed by atoms with van der Waals surface area (Å²) in [6, 6.07) is -3.53. The van der Waals surface area contributed by atoms with Crippen molar-refractivity contribution in [3.8, 4) is 0 Å². The molecule has 1 aromatic heterocycles. The van der Waals surface area contributed by atoms with Crippen LogP contribution in [-0.2, 0) is 25.6 Å². The topological polar surface area (TPSA) is 230 Å². The fourth-order valence-electron chi connectivity index (χ4n) is 4.01. The molecule has 0 aromatic carbocycles. The van der Waals surface area contributed by atoms with Crippen molar-refractivity contribution in [3.05, 3.63) is 18.2 Å². The van der Waals surface area contributed by atoms with Crippen molar-refractivity contribution in [1.82, 2.24) is 31.2 Å². The fourth-order valence-corrected chi connectivity index (χ4v) is 4.01. The molecule has 2 heterocycles. The van der Waals surface area contributed by atoms with E-state index in [9.17, 15) is 24.3 Å². The fraction of sp³-hybridized carbons (Fsp3) is 0.652. The van der Waals surface area contributed by atoms with Crippen molar-refractivity contribution in [2.75, 3.05) is 13.1 Å². The first-order chi connectivity index (χ1) is 17.6. The molecule has 14 heteroatoms. The molecular formula is C23H39N9O5. The number of aromatic amines is 1. The van der Waals surface area contributed by atoms with Gasteiger partial charge in [-0.15, -0.1) is 0 Å². The Morgan fingerprint density at radius 3 is 2.41 bits per heavy atom. The van der Waals surface area contributed by atoms with E-state index in [1.807, 2.05) is 13.8 Å². The van der Waals surface area contributed by atoms with Crippen molar-refractivity contribution >= 4 is 29.7 Å². The second-order valence-electron chi connectivity index (χ2n) is 9.53. The van der Waals surface area contributed by atoms with Gasteiger partial charge in [0.05, 0.1) is 12.4 Å².